The number of thiophene rings is 1. The summed E-state index contributed by atoms with van der Waals surface area (Å²) in [4.78, 5) is 17.3. The fourth-order valence-corrected chi connectivity index (χ4v) is 2.97. The van der Waals surface area contributed by atoms with Crippen molar-refractivity contribution in [2.75, 3.05) is 10.6 Å². The molecular weight excluding hydrogens is 342 g/mol. The van der Waals surface area contributed by atoms with E-state index in [1.54, 1.807) is 17.5 Å². The summed E-state index contributed by atoms with van der Waals surface area (Å²) in [6.07, 6.45) is 2.03. The minimum atomic E-state index is -0.0406. The number of carbonyl (C=O) groups is 1. The molecule has 2 N–H and O–H groups in total. The van der Waals surface area contributed by atoms with Gasteiger partial charge >= 0.3 is 0 Å². The largest absolute Gasteiger partial charge is 0.366 e. The van der Waals surface area contributed by atoms with E-state index < -0.39 is 0 Å². The van der Waals surface area contributed by atoms with Gasteiger partial charge in [-0.15, -0.1) is 11.3 Å². The van der Waals surface area contributed by atoms with Gasteiger partial charge in [-0.25, -0.2) is 4.98 Å². The van der Waals surface area contributed by atoms with Crippen LogP contribution in [0.15, 0.2) is 60.1 Å². The Labute approximate surface area is 149 Å². The molecule has 0 fully saturated rings. The summed E-state index contributed by atoms with van der Waals surface area (Å²) in [5, 5.41) is 8.77. The molecule has 0 aliphatic rings. The molecule has 122 valence electrons. The molecule has 4 nitrogen and oxygen atoms in total. The number of nitrogens with zero attached hydrogens (tertiary/aromatic N) is 1. The van der Waals surface area contributed by atoms with Crippen molar-refractivity contribution in [2.45, 2.75) is 13.0 Å². The number of aromatic nitrogens is 1. The first-order valence-electron chi connectivity index (χ1n) is 7.46. The van der Waals surface area contributed by atoms with Gasteiger partial charge in [0.05, 0.1) is 18.3 Å². The second-order valence-corrected chi connectivity index (χ2v) is 6.69. The topological polar surface area (TPSA) is 54.0 Å². The summed E-state index contributed by atoms with van der Waals surface area (Å²) in [5.74, 6) is 0.710. The molecule has 2 aromatic heterocycles. The van der Waals surface area contributed by atoms with Crippen LogP contribution in [0.25, 0.3) is 0 Å². The lowest BCUT2D eigenvalue weighted by Gasteiger charge is -2.08. The van der Waals surface area contributed by atoms with Gasteiger partial charge in [0.2, 0.25) is 5.91 Å². The smallest absolute Gasteiger partial charge is 0.229 e. The molecule has 0 radical (unpaired) electrons. The second kappa shape index (κ2) is 7.95. The number of nitrogens with one attached hydrogen (secondary N) is 2. The third kappa shape index (κ3) is 4.81. The zero-order valence-electron chi connectivity index (χ0n) is 12.8. The molecule has 1 amide bonds. The molecule has 0 saturated carbocycles. The van der Waals surface area contributed by atoms with Crippen molar-refractivity contribution in [3.8, 4) is 0 Å². The molecule has 0 atom stereocenters. The van der Waals surface area contributed by atoms with E-state index in [0.717, 1.165) is 21.3 Å². The highest BCUT2D eigenvalue weighted by Crippen LogP contribution is 2.14. The van der Waals surface area contributed by atoms with Gasteiger partial charge in [0.25, 0.3) is 0 Å². The summed E-state index contributed by atoms with van der Waals surface area (Å²) in [7, 11) is 0. The maximum Gasteiger partial charge on any atom is 0.229 e. The van der Waals surface area contributed by atoms with Crippen molar-refractivity contribution in [3.63, 3.8) is 0 Å². The highest BCUT2D eigenvalue weighted by molar-refractivity contribution is 7.10. The second-order valence-electron chi connectivity index (χ2n) is 5.22. The van der Waals surface area contributed by atoms with Crippen LogP contribution in [-0.2, 0) is 17.8 Å². The Bertz CT molecular complexity index is 786. The Kier molecular flexibility index (Phi) is 5.46. The average Bonchev–Trinajstić information content (AvgIpc) is 3.08. The lowest BCUT2D eigenvalue weighted by molar-refractivity contribution is -0.115. The number of hydrogen-bond acceptors (Lipinski definition) is 4. The number of amides is 1. The number of rotatable bonds is 6. The van der Waals surface area contributed by atoms with Gasteiger partial charge in [0.15, 0.2) is 0 Å². The van der Waals surface area contributed by atoms with E-state index in [9.17, 15) is 4.79 Å². The van der Waals surface area contributed by atoms with Crippen LogP contribution in [0, 0.1) is 0 Å². The maximum atomic E-state index is 11.9. The van der Waals surface area contributed by atoms with Crippen molar-refractivity contribution in [2.24, 2.45) is 0 Å². The summed E-state index contributed by atoms with van der Waals surface area (Å²) in [6, 6.07) is 15.2. The molecule has 0 aliphatic carbocycles. The van der Waals surface area contributed by atoms with E-state index in [4.69, 9.17) is 11.6 Å². The van der Waals surface area contributed by atoms with Gasteiger partial charge in [-0.2, -0.15) is 0 Å². The number of hydrogen-bond donors (Lipinski definition) is 2. The van der Waals surface area contributed by atoms with Gasteiger partial charge in [-0.1, -0.05) is 29.8 Å². The Balaban J connectivity index is 1.51. The van der Waals surface area contributed by atoms with Crippen molar-refractivity contribution in [1.82, 2.24) is 4.98 Å². The number of anilines is 2. The average molecular weight is 358 g/mol. The van der Waals surface area contributed by atoms with Gasteiger partial charge in [0.1, 0.15) is 5.82 Å². The van der Waals surface area contributed by atoms with Crippen LogP contribution in [-0.4, -0.2) is 10.9 Å². The van der Waals surface area contributed by atoms with Crippen LogP contribution in [0.4, 0.5) is 11.5 Å². The lowest BCUT2D eigenvalue weighted by Crippen LogP contribution is -2.14. The van der Waals surface area contributed by atoms with E-state index in [2.05, 4.69) is 15.6 Å². The van der Waals surface area contributed by atoms with E-state index in [0.29, 0.717) is 18.7 Å². The molecule has 2 heterocycles. The van der Waals surface area contributed by atoms with Crippen molar-refractivity contribution in [1.29, 1.82) is 0 Å². The molecule has 6 heteroatoms. The Morgan fingerprint density at radius 1 is 1.12 bits per heavy atom. The fraction of sp³-hybridized carbons (Fsp3) is 0.111. The molecule has 0 unspecified atom stereocenters. The summed E-state index contributed by atoms with van der Waals surface area (Å²) < 4.78 is 0. The van der Waals surface area contributed by atoms with Crippen molar-refractivity contribution < 1.29 is 4.79 Å². The van der Waals surface area contributed by atoms with E-state index in [-0.39, 0.29) is 5.91 Å². The molecule has 0 aliphatic heterocycles. The van der Waals surface area contributed by atoms with Crippen LogP contribution in [0.3, 0.4) is 0 Å². The monoisotopic (exact) mass is 357 g/mol. The first-order chi connectivity index (χ1) is 11.7. The van der Waals surface area contributed by atoms with Crippen LogP contribution in [0.2, 0.25) is 5.02 Å². The predicted octanol–water partition coefficient (Wildman–Crippen LogP) is 4.59. The van der Waals surface area contributed by atoms with Crippen molar-refractivity contribution >= 4 is 40.4 Å². The lowest BCUT2D eigenvalue weighted by atomic mass is 10.2. The number of halogens is 1. The highest BCUT2D eigenvalue weighted by atomic mass is 35.5. The Hall–Kier alpha value is -2.37. The summed E-state index contributed by atoms with van der Waals surface area (Å²) in [5.41, 5.74) is 1.81. The van der Waals surface area contributed by atoms with Crippen LogP contribution in [0.5, 0.6) is 0 Å². The molecular formula is C18H16ClN3OS. The SMILES string of the molecule is O=C(Cc1cccs1)Nc1ccc(NCc2ccc(Cl)cc2)nc1. The number of pyridine rings is 1. The first kappa shape index (κ1) is 16.5. The van der Waals surface area contributed by atoms with Gasteiger partial charge in [-0.3, -0.25) is 4.79 Å². The van der Waals surface area contributed by atoms with Gasteiger partial charge in [0, 0.05) is 16.4 Å². The van der Waals surface area contributed by atoms with Crippen LogP contribution >= 0.6 is 22.9 Å². The molecule has 0 spiro atoms. The molecule has 0 saturated heterocycles. The number of carbonyl (C=O) groups excluding carboxylic acids is 1. The van der Waals surface area contributed by atoms with E-state index in [1.165, 1.54) is 0 Å². The summed E-state index contributed by atoms with van der Waals surface area (Å²) >= 11 is 7.44. The zero-order chi connectivity index (χ0) is 16.8. The molecule has 1 aromatic carbocycles. The minimum Gasteiger partial charge on any atom is -0.366 e. The molecule has 24 heavy (non-hydrogen) atoms. The quantitative estimate of drug-likeness (QED) is 0.678. The normalized spacial score (nSPS) is 10.4. The van der Waals surface area contributed by atoms with E-state index in [1.807, 2.05) is 53.9 Å². The fourth-order valence-electron chi connectivity index (χ4n) is 2.14. The van der Waals surface area contributed by atoms with Gasteiger partial charge < -0.3 is 10.6 Å². The summed E-state index contributed by atoms with van der Waals surface area (Å²) in [6.45, 7) is 0.661. The maximum absolute atomic E-state index is 11.9. The van der Waals surface area contributed by atoms with E-state index >= 15 is 0 Å². The zero-order valence-corrected chi connectivity index (χ0v) is 14.4. The third-order valence-corrected chi connectivity index (χ3v) is 4.48. The standard InChI is InChI=1S/C18H16ClN3OS/c19-14-5-3-13(4-6-14)11-20-17-8-7-15(12-21-17)22-18(23)10-16-2-1-9-24-16/h1-9,12H,10-11H2,(H,20,21)(H,22,23). The van der Waals surface area contributed by atoms with Crippen molar-refractivity contribution in [3.05, 3.63) is 75.6 Å². The van der Waals surface area contributed by atoms with Crippen LogP contribution < -0.4 is 10.6 Å². The molecule has 0 bridgehead atoms. The minimum absolute atomic E-state index is 0.0406. The molecule has 3 rings (SSSR count). The Morgan fingerprint density at radius 3 is 2.62 bits per heavy atom. The Morgan fingerprint density at radius 2 is 1.96 bits per heavy atom. The predicted molar refractivity (Wildman–Crippen MR) is 99.7 cm³/mol. The highest BCUT2D eigenvalue weighted by Gasteiger charge is 2.05. The first-order valence-corrected chi connectivity index (χ1v) is 8.71. The third-order valence-electron chi connectivity index (χ3n) is 3.35. The van der Waals surface area contributed by atoms with Gasteiger partial charge in [-0.05, 0) is 41.3 Å². The van der Waals surface area contributed by atoms with Crippen LogP contribution in [0.1, 0.15) is 10.4 Å². The number of benzene rings is 1. The molecule has 3 aromatic rings.